The molecule has 2 atom stereocenters. The minimum atomic E-state index is 0.177. The van der Waals surface area contributed by atoms with Crippen molar-refractivity contribution in [1.82, 2.24) is 4.98 Å². The van der Waals surface area contributed by atoms with Crippen molar-refractivity contribution >= 4 is 5.82 Å². The van der Waals surface area contributed by atoms with Gasteiger partial charge in [-0.05, 0) is 41.7 Å². The summed E-state index contributed by atoms with van der Waals surface area (Å²) in [7, 11) is 0. The van der Waals surface area contributed by atoms with E-state index in [1.54, 1.807) is 0 Å². The van der Waals surface area contributed by atoms with Crippen LogP contribution in [-0.4, -0.2) is 11.0 Å². The number of anilines is 1. The Balaban J connectivity index is 2.05. The van der Waals surface area contributed by atoms with Gasteiger partial charge < -0.3 is 5.32 Å². The van der Waals surface area contributed by atoms with Gasteiger partial charge in [0, 0.05) is 12.2 Å². The predicted octanol–water partition coefficient (Wildman–Crippen LogP) is 5.01. The molecule has 20 heavy (non-hydrogen) atoms. The summed E-state index contributed by atoms with van der Waals surface area (Å²) >= 11 is 0. The number of nitrogens with one attached hydrogen (secondary N) is 1. The summed E-state index contributed by atoms with van der Waals surface area (Å²) < 4.78 is 0. The molecule has 1 aromatic rings. The Morgan fingerprint density at radius 2 is 1.85 bits per heavy atom. The van der Waals surface area contributed by atoms with Gasteiger partial charge in [0.15, 0.2) is 0 Å². The van der Waals surface area contributed by atoms with Gasteiger partial charge in [-0.25, -0.2) is 4.98 Å². The van der Waals surface area contributed by atoms with Crippen LogP contribution in [0, 0.1) is 11.8 Å². The molecule has 0 spiro atoms. The van der Waals surface area contributed by atoms with Crippen LogP contribution in [0.4, 0.5) is 5.82 Å². The average Bonchev–Trinajstić information content (AvgIpc) is 2.38. The summed E-state index contributed by atoms with van der Waals surface area (Å²) in [5.41, 5.74) is 1.48. The van der Waals surface area contributed by atoms with Gasteiger partial charge in [0.05, 0.1) is 0 Å². The van der Waals surface area contributed by atoms with Crippen LogP contribution in [0.15, 0.2) is 18.3 Å². The van der Waals surface area contributed by atoms with Crippen molar-refractivity contribution in [3.05, 3.63) is 23.9 Å². The fourth-order valence-corrected chi connectivity index (χ4v) is 3.25. The highest BCUT2D eigenvalue weighted by Gasteiger charge is 2.27. The maximum atomic E-state index is 4.62. The van der Waals surface area contributed by atoms with E-state index in [0.29, 0.717) is 6.04 Å². The first-order valence-electron chi connectivity index (χ1n) is 8.11. The summed E-state index contributed by atoms with van der Waals surface area (Å²) in [6.07, 6.45) is 7.40. The van der Waals surface area contributed by atoms with Crippen molar-refractivity contribution in [3.63, 3.8) is 0 Å². The second-order valence-electron chi connectivity index (χ2n) is 7.63. The highest BCUT2D eigenvalue weighted by atomic mass is 15.0. The highest BCUT2D eigenvalue weighted by Crippen LogP contribution is 2.32. The molecular formula is C18H30N2. The molecule has 1 N–H and O–H groups in total. The van der Waals surface area contributed by atoms with Gasteiger partial charge in [0.25, 0.3) is 0 Å². The smallest absolute Gasteiger partial charge is 0.126 e. The maximum absolute atomic E-state index is 4.62. The molecule has 2 heteroatoms. The third kappa shape index (κ3) is 3.74. The molecular weight excluding hydrogens is 244 g/mol. The van der Waals surface area contributed by atoms with E-state index in [4.69, 9.17) is 0 Å². The highest BCUT2D eigenvalue weighted by molar-refractivity contribution is 5.38. The predicted molar refractivity (Wildman–Crippen MR) is 87.1 cm³/mol. The Morgan fingerprint density at radius 1 is 1.15 bits per heavy atom. The zero-order chi connectivity index (χ0) is 14.8. The van der Waals surface area contributed by atoms with E-state index < -0.39 is 0 Å². The minimum Gasteiger partial charge on any atom is -0.367 e. The third-order valence-electron chi connectivity index (χ3n) is 4.64. The van der Waals surface area contributed by atoms with Crippen molar-refractivity contribution in [2.24, 2.45) is 11.8 Å². The average molecular weight is 274 g/mol. The monoisotopic (exact) mass is 274 g/mol. The molecule has 0 saturated heterocycles. The van der Waals surface area contributed by atoms with E-state index in [0.717, 1.165) is 17.7 Å². The van der Waals surface area contributed by atoms with Crippen molar-refractivity contribution in [2.45, 2.75) is 71.8 Å². The number of rotatable bonds is 3. The molecule has 1 heterocycles. The first-order valence-corrected chi connectivity index (χ1v) is 8.11. The van der Waals surface area contributed by atoms with Crippen LogP contribution < -0.4 is 5.32 Å². The Hall–Kier alpha value is -1.05. The number of pyridine rings is 1. The van der Waals surface area contributed by atoms with Crippen LogP contribution in [0.25, 0.3) is 0 Å². The largest absolute Gasteiger partial charge is 0.367 e. The summed E-state index contributed by atoms with van der Waals surface area (Å²) in [6.45, 7) is 11.4. The quantitative estimate of drug-likeness (QED) is 0.838. The number of aromatic nitrogens is 1. The van der Waals surface area contributed by atoms with Crippen LogP contribution in [0.5, 0.6) is 0 Å². The summed E-state index contributed by atoms with van der Waals surface area (Å²) in [4.78, 5) is 4.62. The Bertz CT molecular complexity index is 414. The zero-order valence-electron chi connectivity index (χ0n) is 13.7. The molecule has 1 aliphatic carbocycles. The molecule has 0 radical (unpaired) electrons. The van der Waals surface area contributed by atoms with Crippen LogP contribution in [0.1, 0.15) is 65.9 Å². The third-order valence-corrected chi connectivity index (χ3v) is 4.64. The number of hydrogen-bond donors (Lipinski definition) is 1. The second kappa shape index (κ2) is 6.15. The zero-order valence-corrected chi connectivity index (χ0v) is 13.7. The minimum absolute atomic E-state index is 0.177. The summed E-state index contributed by atoms with van der Waals surface area (Å²) in [5, 5.41) is 3.68. The van der Waals surface area contributed by atoms with Crippen molar-refractivity contribution < 1.29 is 0 Å². The molecule has 2 nitrogen and oxygen atoms in total. The number of hydrogen-bond acceptors (Lipinski definition) is 2. The lowest BCUT2D eigenvalue weighted by Gasteiger charge is -2.35. The molecule has 0 aliphatic heterocycles. The molecule has 1 saturated carbocycles. The van der Waals surface area contributed by atoms with Gasteiger partial charge in [0.2, 0.25) is 0 Å². The lowest BCUT2D eigenvalue weighted by molar-refractivity contribution is 0.253. The van der Waals surface area contributed by atoms with Crippen LogP contribution in [0.3, 0.4) is 0 Å². The molecule has 1 aliphatic rings. The molecule has 2 rings (SSSR count). The molecule has 0 aromatic carbocycles. The van der Waals surface area contributed by atoms with Crippen LogP contribution in [0.2, 0.25) is 0 Å². The maximum Gasteiger partial charge on any atom is 0.126 e. The van der Waals surface area contributed by atoms with Gasteiger partial charge in [-0.2, -0.15) is 0 Å². The molecule has 0 amide bonds. The molecule has 1 fully saturated rings. The van der Waals surface area contributed by atoms with Gasteiger partial charge in [-0.3, -0.25) is 0 Å². The van der Waals surface area contributed by atoms with E-state index in [2.05, 4.69) is 57.1 Å². The topological polar surface area (TPSA) is 24.9 Å². The van der Waals surface area contributed by atoms with Crippen LogP contribution >= 0.6 is 0 Å². The summed E-state index contributed by atoms with van der Waals surface area (Å²) in [5.74, 6) is 2.57. The normalized spacial score (nSPS) is 23.9. The Labute approximate surface area is 124 Å². The lowest BCUT2D eigenvalue weighted by Crippen LogP contribution is -2.35. The van der Waals surface area contributed by atoms with E-state index >= 15 is 0 Å². The molecule has 0 bridgehead atoms. The number of nitrogens with zero attached hydrogens (tertiary/aromatic N) is 1. The second-order valence-corrected chi connectivity index (χ2v) is 7.63. The van der Waals surface area contributed by atoms with Crippen molar-refractivity contribution in [1.29, 1.82) is 0 Å². The van der Waals surface area contributed by atoms with Crippen LogP contribution in [-0.2, 0) is 5.41 Å². The van der Waals surface area contributed by atoms with E-state index in [1.807, 2.05) is 6.20 Å². The van der Waals surface area contributed by atoms with Gasteiger partial charge in [0.1, 0.15) is 5.82 Å². The van der Waals surface area contributed by atoms with Gasteiger partial charge >= 0.3 is 0 Å². The van der Waals surface area contributed by atoms with Gasteiger partial charge in [-0.1, -0.05) is 53.5 Å². The lowest BCUT2D eigenvalue weighted by atomic mass is 9.78. The first kappa shape index (κ1) is 15.3. The summed E-state index contributed by atoms with van der Waals surface area (Å²) in [6, 6.07) is 4.95. The van der Waals surface area contributed by atoms with Gasteiger partial charge in [-0.15, -0.1) is 0 Å². The fourth-order valence-electron chi connectivity index (χ4n) is 3.25. The van der Waals surface area contributed by atoms with E-state index in [9.17, 15) is 0 Å². The van der Waals surface area contributed by atoms with E-state index in [-0.39, 0.29) is 5.41 Å². The fraction of sp³-hybridized carbons (Fsp3) is 0.722. The Morgan fingerprint density at radius 3 is 2.40 bits per heavy atom. The van der Waals surface area contributed by atoms with Crippen molar-refractivity contribution in [2.75, 3.05) is 5.32 Å². The molecule has 112 valence electrons. The van der Waals surface area contributed by atoms with Crippen molar-refractivity contribution in [3.8, 4) is 0 Å². The Kier molecular flexibility index (Phi) is 4.72. The first-order chi connectivity index (χ1) is 9.38. The molecule has 1 aromatic heterocycles. The standard InChI is InChI=1S/C18H30N2/c1-13(2)15-8-6-7-9-16(15)20-17-11-10-14(12-19-17)18(3,4)5/h10-13,15-16H,6-9H2,1-5H3,(H,19,20). The van der Waals surface area contributed by atoms with E-state index in [1.165, 1.54) is 31.2 Å². The SMILES string of the molecule is CC(C)C1CCCCC1Nc1ccc(C(C)(C)C)cn1. The molecule has 2 unspecified atom stereocenters.